The van der Waals surface area contributed by atoms with E-state index in [1.54, 1.807) is 0 Å². The van der Waals surface area contributed by atoms with Gasteiger partial charge in [-0.05, 0) is 30.3 Å². The first-order chi connectivity index (χ1) is 9.36. The zero-order chi connectivity index (χ0) is 13.1. The summed E-state index contributed by atoms with van der Waals surface area (Å²) in [5.74, 6) is 0.689. The molecule has 1 aliphatic heterocycles. The van der Waals surface area contributed by atoms with Crippen molar-refractivity contribution in [1.29, 1.82) is 0 Å². The van der Waals surface area contributed by atoms with E-state index in [0.29, 0.717) is 5.92 Å². The van der Waals surface area contributed by atoms with E-state index in [0.717, 1.165) is 19.6 Å². The van der Waals surface area contributed by atoms with E-state index in [4.69, 9.17) is 0 Å². The average Bonchev–Trinajstić information content (AvgIpc) is 2.39. The standard InChI is InChI=1S/C17H20N2/c1-18-11-14-6-5-9-17(10-14)19-12-16(13-19)15-7-3-2-4-8-15/h2-10,16,18H,11-13H2,1H3. The smallest absolute Gasteiger partial charge is 0.0369 e. The molecule has 1 fully saturated rings. The van der Waals surface area contributed by atoms with E-state index < -0.39 is 0 Å². The SMILES string of the molecule is CNCc1cccc(N2CC(c3ccccc3)C2)c1. The Morgan fingerprint density at radius 1 is 1.05 bits per heavy atom. The van der Waals surface area contributed by atoms with Gasteiger partial charge in [0.2, 0.25) is 0 Å². The Labute approximate surface area is 115 Å². The van der Waals surface area contributed by atoms with Crippen molar-refractivity contribution in [3.63, 3.8) is 0 Å². The Balaban J connectivity index is 1.66. The molecule has 0 saturated carbocycles. The van der Waals surface area contributed by atoms with Gasteiger partial charge in [-0.25, -0.2) is 0 Å². The summed E-state index contributed by atoms with van der Waals surface area (Å²) >= 11 is 0. The molecule has 0 atom stereocenters. The number of anilines is 1. The van der Waals surface area contributed by atoms with Crippen LogP contribution in [-0.2, 0) is 6.54 Å². The summed E-state index contributed by atoms with van der Waals surface area (Å²) in [5.41, 5.74) is 4.16. The fourth-order valence-electron chi connectivity index (χ4n) is 2.69. The van der Waals surface area contributed by atoms with Crippen LogP contribution in [-0.4, -0.2) is 20.1 Å². The topological polar surface area (TPSA) is 15.3 Å². The van der Waals surface area contributed by atoms with Crippen LogP contribution in [0.3, 0.4) is 0 Å². The Kier molecular flexibility index (Phi) is 3.51. The van der Waals surface area contributed by atoms with Gasteiger partial charge in [-0.2, -0.15) is 0 Å². The van der Waals surface area contributed by atoms with Gasteiger partial charge in [0.15, 0.2) is 0 Å². The number of hydrogen-bond donors (Lipinski definition) is 1. The molecular weight excluding hydrogens is 232 g/mol. The second-order valence-electron chi connectivity index (χ2n) is 5.21. The van der Waals surface area contributed by atoms with Gasteiger partial charge < -0.3 is 10.2 Å². The molecule has 2 aromatic carbocycles. The van der Waals surface area contributed by atoms with Crippen molar-refractivity contribution in [3.8, 4) is 0 Å². The highest BCUT2D eigenvalue weighted by Crippen LogP contribution is 2.31. The van der Waals surface area contributed by atoms with Crippen LogP contribution >= 0.6 is 0 Å². The first kappa shape index (κ1) is 12.2. The third-order valence-electron chi connectivity index (χ3n) is 3.81. The maximum Gasteiger partial charge on any atom is 0.0369 e. The van der Waals surface area contributed by atoms with Gasteiger partial charge >= 0.3 is 0 Å². The predicted octanol–water partition coefficient (Wildman–Crippen LogP) is 3.01. The molecule has 0 radical (unpaired) electrons. The molecule has 2 heteroatoms. The van der Waals surface area contributed by atoms with Crippen LogP contribution in [0, 0.1) is 0 Å². The van der Waals surface area contributed by atoms with E-state index >= 15 is 0 Å². The maximum absolute atomic E-state index is 3.20. The van der Waals surface area contributed by atoms with Crippen molar-refractivity contribution in [2.75, 3.05) is 25.0 Å². The molecule has 0 aromatic heterocycles. The van der Waals surface area contributed by atoms with Crippen LogP contribution in [0.1, 0.15) is 17.0 Å². The summed E-state index contributed by atoms with van der Waals surface area (Å²) in [6, 6.07) is 19.6. The molecule has 2 aromatic rings. The van der Waals surface area contributed by atoms with Gasteiger partial charge in [0.25, 0.3) is 0 Å². The molecule has 0 bridgehead atoms. The van der Waals surface area contributed by atoms with Gasteiger partial charge in [-0.1, -0.05) is 42.5 Å². The Morgan fingerprint density at radius 2 is 1.84 bits per heavy atom. The zero-order valence-corrected chi connectivity index (χ0v) is 11.3. The summed E-state index contributed by atoms with van der Waals surface area (Å²) < 4.78 is 0. The van der Waals surface area contributed by atoms with Crippen LogP contribution in [0.2, 0.25) is 0 Å². The number of hydrogen-bond acceptors (Lipinski definition) is 2. The van der Waals surface area contributed by atoms with Crippen LogP contribution < -0.4 is 10.2 Å². The second-order valence-corrected chi connectivity index (χ2v) is 5.21. The molecule has 0 spiro atoms. The molecular formula is C17H20N2. The molecule has 3 rings (SSSR count). The van der Waals surface area contributed by atoms with Crippen molar-refractivity contribution in [3.05, 3.63) is 65.7 Å². The minimum absolute atomic E-state index is 0.689. The van der Waals surface area contributed by atoms with Crippen LogP contribution in [0.5, 0.6) is 0 Å². The van der Waals surface area contributed by atoms with Gasteiger partial charge in [0.05, 0.1) is 0 Å². The summed E-state index contributed by atoms with van der Waals surface area (Å²) in [6.07, 6.45) is 0. The first-order valence-electron chi connectivity index (χ1n) is 6.90. The molecule has 1 aliphatic rings. The molecule has 1 N–H and O–H groups in total. The van der Waals surface area contributed by atoms with Gasteiger partial charge in [-0.3, -0.25) is 0 Å². The first-order valence-corrected chi connectivity index (χ1v) is 6.90. The lowest BCUT2D eigenvalue weighted by Gasteiger charge is -2.41. The molecule has 98 valence electrons. The van der Waals surface area contributed by atoms with E-state index in [1.165, 1.54) is 16.8 Å². The number of nitrogens with zero attached hydrogens (tertiary/aromatic N) is 1. The fourth-order valence-corrected chi connectivity index (χ4v) is 2.69. The molecule has 1 saturated heterocycles. The summed E-state index contributed by atoms with van der Waals surface area (Å²) in [6.45, 7) is 3.20. The van der Waals surface area contributed by atoms with Crippen LogP contribution in [0.25, 0.3) is 0 Å². The zero-order valence-electron chi connectivity index (χ0n) is 11.3. The van der Waals surface area contributed by atoms with E-state index in [1.807, 2.05) is 7.05 Å². The lowest BCUT2D eigenvalue weighted by Crippen LogP contribution is -2.45. The van der Waals surface area contributed by atoms with Crippen molar-refractivity contribution >= 4 is 5.69 Å². The Morgan fingerprint density at radius 3 is 2.58 bits per heavy atom. The van der Waals surface area contributed by atoms with E-state index in [2.05, 4.69) is 64.8 Å². The molecule has 0 aliphatic carbocycles. The van der Waals surface area contributed by atoms with Crippen molar-refractivity contribution in [2.24, 2.45) is 0 Å². The second kappa shape index (κ2) is 5.45. The highest BCUT2D eigenvalue weighted by atomic mass is 15.2. The lowest BCUT2D eigenvalue weighted by atomic mass is 9.91. The van der Waals surface area contributed by atoms with Crippen LogP contribution in [0.15, 0.2) is 54.6 Å². The quantitative estimate of drug-likeness (QED) is 0.900. The number of nitrogens with one attached hydrogen (secondary N) is 1. The molecule has 0 amide bonds. The van der Waals surface area contributed by atoms with Crippen molar-refractivity contribution in [1.82, 2.24) is 5.32 Å². The maximum atomic E-state index is 3.20. The Hall–Kier alpha value is -1.80. The van der Waals surface area contributed by atoms with E-state index in [9.17, 15) is 0 Å². The average molecular weight is 252 g/mol. The highest BCUT2D eigenvalue weighted by molar-refractivity contribution is 5.52. The Bertz CT molecular complexity index is 530. The molecule has 2 nitrogen and oxygen atoms in total. The summed E-state index contributed by atoms with van der Waals surface area (Å²) in [7, 11) is 1.99. The largest absolute Gasteiger partial charge is 0.370 e. The van der Waals surface area contributed by atoms with Gasteiger partial charge in [0.1, 0.15) is 0 Å². The minimum atomic E-state index is 0.689. The minimum Gasteiger partial charge on any atom is -0.370 e. The van der Waals surface area contributed by atoms with Crippen molar-refractivity contribution < 1.29 is 0 Å². The molecule has 19 heavy (non-hydrogen) atoms. The normalized spacial score (nSPS) is 15.3. The third kappa shape index (κ3) is 2.64. The monoisotopic (exact) mass is 252 g/mol. The predicted molar refractivity (Wildman–Crippen MR) is 80.6 cm³/mol. The number of rotatable bonds is 4. The highest BCUT2D eigenvalue weighted by Gasteiger charge is 2.27. The summed E-state index contributed by atoms with van der Waals surface area (Å²) in [4.78, 5) is 2.46. The molecule has 1 heterocycles. The van der Waals surface area contributed by atoms with Gasteiger partial charge in [-0.15, -0.1) is 0 Å². The van der Waals surface area contributed by atoms with Crippen LogP contribution in [0.4, 0.5) is 5.69 Å². The summed E-state index contributed by atoms with van der Waals surface area (Å²) in [5, 5.41) is 3.20. The third-order valence-corrected chi connectivity index (χ3v) is 3.81. The fraction of sp³-hybridized carbons (Fsp3) is 0.294. The molecule has 0 unspecified atom stereocenters. The lowest BCUT2D eigenvalue weighted by molar-refractivity contribution is 0.525. The van der Waals surface area contributed by atoms with Crippen molar-refractivity contribution in [2.45, 2.75) is 12.5 Å². The van der Waals surface area contributed by atoms with E-state index in [-0.39, 0.29) is 0 Å². The number of benzene rings is 2. The van der Waals surface area contributed by atoms with Gasteiger partial charge in [0, 0.05) is 31.2 Å².